The molecule has 1 atom stereocenters. The molecule has 0 bridgehead atoms. The van der Waals surface area contributed by atoms with Crippen LogP contribution in [0.4, 0.5) is 0 Å². The number of rotatable bonds is 3. The summed E-state index contributed by atoms with van der Waals surface area (Å²) < 4.78 is 39.2. The van der Waals surface area contributed by atoms with Gasteiger partial charge in [-0.3, -0.25) is 0 Å². The summed E-state index contributed by atoms with van der Waals surface area (Å²) >= 11 is 6.33. The highest BCUT2D eigenvalue weighted by atomic mass is 35.5. The maximum Gasteiger partial charge on any atom is 0.243 e. The molecule has 0 amide bonds. The Kier molecular flexibility index (Phi) is 6.18. The summed E-state index contributed by atoms with van der Waals surface area (Å²) in [6.07, 6.45) is 0. The van der Waals surface area contributed by atoms with Gasteiger partial charge in [-0.1, -0.05) is 29.8 Å². The van der Waals surface area contributed by atoms with Gasteiger partial charge in [0.25, 0.3) is 0 Å². The first kappa shape index (κ1) is 20.2. The predicted octanol–water partition coefficient (Wildman–Crippen LogP) is 2.87. The molecule has 0 spiro atoms. The molecule has 0 radical (unpaired) electrons. The number of halogens is 2. The highest BCUT2D eigenvalue weighted by Crippen LogP contribution is 2.36. The zero-order chi connectivity index (χ0) is 18.1. The van der Waals surface area contributed by atoms with Crippen LogP contribution in [0.15, 0.2) is 47.4 Å². The number of sulfonamides is 1. The van der Waals surface area contributed by atoms with E-state index in [0.29, 0.717) is 49.4 Å². The first-order valence-electron chi connectivity index (χ1n) is 8.44. The van der Waals surface area contributed by atoms with Crippen LogP contribution in [0.1, 0.15) is 11.6 Å². The van der Waals surface area contributed by atoms with E-state index < -0.39 is 10.0 Å². The van der Waals surface area contributed by atoms with Crippen molar-refractivity contribution in [2.75, 3.05) is 32.8 Å². The third-order valence-electron chi connectivity index (χ3n) is 4.58. The van der Waals surface area contributed by atoms with Crippen molar-refractivity contribution in [1.82, 2.24) is 9.62 Å². The molecule has 4 rings (SSSR count). The van der Waals surface area contributed by atoms with E-state index in [-0.39, 0.29) is 23.3 Å². The van der Waals surface area contributed by atoms with Crippen LogP contribution in [0.2, 0.25) is 5.02 Å². The lowest BCUT2D eigenvalue weighted by molar-refractivity contribution is 0.171. The molecule has 2 aliphatic rings. The molecule has 146 valence electrons. The van der Waals surface area contributed by atoms with Crippen molar-refractivity contribution in [2.45, 2.75) is 10.9 Å². The maximum absolute atomic E-state index is 13.3. The first-order chi connectivity index (χ1) is 12.6. The maximum atomic E-state index is 13.3. The third kappa shape index (κ3) is 3.88. The van der Waals surface area contributed by atoms with Gasteiger partial charge in [0.2, 0.25) is 10.0 Å². The number of nitrogens with one attached hydrogen (secondary N) is 1. The van der Waals surface area contributed by atoms with Gasteiger partial charge in [0.05, 0.1) is 10.9 Å². The van der Waals surface area contributed by atoms with Gasteiger partial charge >= 0.3 is 0 Å². The molecular formula is C18H20Cl2N2O4S. The highest BCUT2D eigenvalue weighted by Gasteiger charge is 2.35. The van der Waals surface area contributed by atoms with Gasteiger partial charge in [-0.25, -0.2) is 8.42 Å². The lowest BCUT2D eigenvalue weighted by atomic mass is 10.1. The summed E-state index contributed by atoms with van der Waals surface area (Å²) in [4.78, 5) is 0.195. The zero-order valence-corrected chi connectivity index (χ0v) is 16.8. The van der Waals surface area contributed by atoms with Crippen molar-refractivity contribution in [2.24, 2.45) is 0 Å². The fraction of sp³-hybridized carbons (Fsp3) is 0.333. The molecule has 2 aromatic carbocycles. The Bertz CT molecular complexity index is 923. The molecule has 9 heteroatoms. The second-order valence-electron chi connectivity index (χ2n) is 6.16. The Morgan fingerprint density at radius 3 is 2.59 bits per heavy atom. The van der Waals surface area contributed by atoms with Gasteiger partial charge < -0.3 is 14.8 Å². The minimum atomic E-state index is -3.71. The quantitative estimate of drug-likeness (QED) is 0.810. The molecule has 2 aromatic rings. The van der Waals surface area contributed by atoms with Crippen molar-refractivity contribution in [3.8, 4) is 11.5 Å². The molecule has 2 heterocycles. The van der Waals surface area contributed by atoms with Crippen LogP contribution >= 0.6 is 24.0 Å². The molecular weight excluding hydrogens is 411 g/mol. The molecule has 1 unspecified atom stereocenters. The Balaban J connectivity index is 0.00000210. The number of benzene rings is 2. The SMILES string of the molecule is Cl.O=S(=O)(c1ccc2c(c1)OCCO2)N1CCNCC1c1ccccc1Cl. The molecule has 0 saturated carbocycles. The number of piperazine rings is 1. The Hall–Kier alpha value is -1.51. The minimum absolute atomic E-state index is 0. The smallest absolute Gasteiger partial charge is 0.243 e. The van der Waals surface area contributed by atoms with E-state index in [4.69, 9.17) is 21.1 Å². The number of fused-ring (bicyclic) bond motifs is 1. The van der Waals surface area contributed by atoms with E-state index in [1.807, 2.05) is 18.2 Å². The van der Waals surface area contributed by atoms with Crippen LogP contribution in [-0.2, 0) is 10.0 Å². The largest absolute Gasteiger partial charge is 0.486 e. The van der Waals surface area contributed by atoms with Crippen molar-refractivity contribution in [1.29, 1.82) is 0 Å². The lowest BCUT2D eigenvalue weighted by Gasteiger charge is -2.36. The van der Waals surface area contributed by atoms with E-state index in [1.54, 1.807) is 18.2 Å². The highest BCUT2D eigenvalue weighted by molar-refractivity contribution is 7.89. The first-order valence-corrected chi connectivity index (χ1v) is 10.3. The summed E-state index contributed by atoms with van der Waals surface area (Å²) in [7, 11) is -3.71. The van der Waals surface area contributed by atoms with Gasteiger partial charge in [0, 0.05) is 30.7 Å². The van der Waals surface area contributed by atoms with E-state index in [2.05, 4.69) is 5.32 Å². The van der Waals surface area contributed by atoms with E-state index in [1.165, 1.54) is 10.4 Å². The number of hydrogen-bond acceptors (Lipinski definition) is 5. The van der Waals surface area contributed by atoms with Gasteiger partial charge in [-0.15, -0.1) is 12.4 Å². The van der Waals surface area contributed by atoms with Crippen molar-refractivity contribution in [3.05, 3.63) is 53.1 Å². The molecule has 1 N–H and O–H groups in total. The molecule has 2 aliphatic heterocycles. The van der Waals surface area contributed by atoms with Crippen LogP contribution in [0.5, 0.6) is 11.5 Å². The van der Waals surface area contributed by atoms with Gasteiger partial charge in [0.1, 0.15) is 13.2 Å². The zero-order valence-electron chi connectivity index (χ0n) is 14.4. The molecule has 6 nitrogen and oxygen atoms in total. The number of nitrogens with zero attached hydrogens (tertiary/aromatic N) is 1. The lowest BCUT2D eigenvalue weighted by Crippen LogP contribution is -2.48. The third-order valence-corrected chi connectivity index (χ3v) is 6.83. The average Bonchev–Trinajstić information content (AvgIpc) is 2.68. The molecule has 0 aromatic heterocycles. The van der Waals surface area contributed by atoms with Gasteiger partial charge in [-0.05, 0) is 23.8 Å². The van der Waals surface area contributed by atoms with Crippen molar-refractivity contribution < 1.29 is 17.9 Å². The fourth-order valence-corrected chi connectivity index (χ4v) is 5.19. The summed E-state index contributed by atoms with van der Waals surface area (Å²) in [6.45, 7) is 2.34. The standard InChI is InChI=1S/C18H19ClN2O4S.ClH/c19-15-4-2-1-3-14(15)16-12-20-7-8-21(16)26(22,23)13-5-6-17-18(11-13)25-10-9-24-17;/h1-6,11,16,20H,7-10,12H2;1H. The average molecular weight is 431 g/mol. The molecule has 0 aliphatic carbocycles. The van der Waals surface area contributed by atoms with Crippen molar-refractivity contribution >= 4 is 34.0 Å². The predicted molar refractivity (Wildman–Crippen MR) is 106 cm³/mol. The van der Waals surface area contributed by atoms with Crippen molar-refractivity contribution in [3.63, 3.8) is 0 Å². The Morgan fingerprint density at radius 1 is 1.07 bits per heavy atom. The monoisotopic (exact) mass is 430 g/mol. The van der Waals surface area contributed by atoms with E-state index in [0.717, 1.165) is 5.56 Å². The molecule has 27 heavy (non-hydrogen) atoms. The second-order valence-corrected chi connectivity index (χ2v) is 8.46. The van der Waals surface area contributed by atoms with Crippen LogP contribution in [0.3, 0.4) is 0 Å². The Labute approximate surface area is 169 Å². The second kappa shape index (κ2) is 8.24. The van der Waals surface area contributed by atoms with Crippen LogP contribution in [0.25, 0.3) is 0 Å². The van der Waals surface area contributed by atoms with Crippen LogP contribution < -0.4 is 14.8 Å². The normalized spacial score (nSPS) is 20.0. The van der Waals surface area contributed by atoms with Crippen LogP contribution in [-0.4, -0.2) is 45.6 Å². The summed E-state index contributed by atoms with van der Waals surface area (Å²) in [6, 6.07) is 11.7. The summed E-state index contributed by atoms with van der Waals surface area (Å²) in [5, 5.41) is 3.81. The van der Waals surface area contributed by atoms with Crippen LogP contribution in [0, 0.1) is 0 Å². The van der Waals surface area contributed by atoms with Gasteiger partial charge in [-0.2, -0.15) is 4.31 Å². The van der Waals surface area contributed by atoms with Gasteiger partial charge in [0.15, 0.2) is 11.5 Å². The minimum Gasteiger partial charge on any atom is -0.486 e. The molecule has 1 saturated heterocycles. The number of hydrogen-bond donors (Lipinski definition) is 1. The summed E-state index contributed by atoms with van der Waals surface area (Å²) in [5.41, 5.74) is 0.794. The fourth-order valence-electron chi connectivity index (χ4n) is 3.30. The van der Waals surface area contributed by atoms with E-state index in [9.17, 15) is 8.42 Å². The molecule has 1 fully saturated rings. The van der Waals surface area contributed by atoms with E-state index >= 15 is 0 Å². The summed E-state index contributed by atoms with van der Waals surface area (Å²) in [5.74, 6) is 1.03. The number of ether oxygens (including phenoxy) is 2. The Morgan fingerprint density at radius 2 is 1.81 bits per heavy atom. The topological polar surface area (TPSA) is 67.9 Å².